The van der Waals surface area contributed by atoms with E-state index in [0.29, 0.717) is 0 Å². The van der Waals surface area contributed by atoms with Gasteiger partial charge in [-0.05, 0) is 56.8 Å². The van der Waals surface area contributed by atoms with Crippen LogP contribution in [0.4, 0.5) is 0 Å². The van der Waals surface area contributed by atoms with Crippen LogP contribution >= 0.6 is 11.8 Å². The van der Waals surface area contributed by atoms with Gasteiger partial charge in [0, 0.05) is 0 Å². The molecule has 2 fully saturated rings. The van der Waals surface area contributed by atoms with E-state index in [9.17, 15) is 4.79 Å². The third kappa shape index (κ3) is 2.76. The highest BCUT2D eigenvalue weighted by atomic mass is 32.2. The highest BCUT2D eigenvalue weighted by Crippen LogP contribution is 2.51. The van der Waals surface area contributed by atoms with Gasteiger partial charge in [0.2, 0.25) is 0 Å². The number of rotatable bonds is 4. The molecule has 0 saturated heterocycles. The summed E-state index contributed by atoms with van der Waals surface area (Å²) in [5.74, 6) is 2.87. The van der Waals surface area contributed by atoms with Crippen LogP contribution in [0.1, 0.15) is 66.2 Å². The van der Waals surface area contributed by atoms with Gasteiger partial charge in [-0.3, -0.25) is 4.79 Å². The second-order valence-corrected chi connectivity index (χ2v) is 8.11. The number of nitrogens with zero attached hydrogens (tertiary/aromatic N) is 1. The number of hydrogen-bond donors (Lipinski definition) is 0. The Balaban J connectivity index is 0.00000133. The van der Waals surface area contributed by atoms with Crippen molar-refractivity contribution < 1.29 is 4.79 Å². The first kappa shape index (κ1) is 15.1. The molecule has 3 rings (SSSR count). The second kappa shape index (κ2) is 5.59. The summed E-state index contributed by atoms with van der Waals surface area (Å²) in [7, 11) is 0. The number of carbonyl (C=O) groups is 1. The van der Waals surface area contributed by atoms with Crippen LogP contribution in [-0.4, -0.2) is 15.7 Å². The summed E-state index contributed by atoms with van der Waals surface area (Å²) in [5.41, 5.74) is 0. The second-order valence-electron chi connectivity index (χ2n) is 6.53. The minimum absolute atomic E-state index is 0. The lowest BCUT2D eigenvalue weighted by Gasteiger charge is -2.22. The number of fused-ring (bicyclic) bond motifs is 2. The predicted octanol–water partition coefficient (Wildman–Crippen LogP) is 4.68. The monoisotopic (exact) mass is 281 g/mol. The van der Waals surface area contributed by atoms with Crippen LogP contribution in [0.3, 0.4) is 0 Å². The van der Waals surface area contributed by atoms with Gasteiger partial charge in [-0.1, -0.05) is 39.0 Å². The Morgan fingerprint density at radius 3 is 2.74 bits per heavy atom. The first-order valence-corrected chi connectivity index (χ1v) is 8.23. The van der Waals surface area contributed by atoms with Crippen molar-refractivity contribution in [2.45, 2.75) is 71.0 Å². The Labute approximate surface area is 121 Å². The molecule has 0 spiro atoms. The molecule has 0 aromatic carbocycles. The fourth-order valence-corrected chi connectivity index (χ4v) is 5.52. The fourth-order valence-electron chi connectivity index (χ4n) is 4.13. The summed E-state index contributed by atoms with van der Waals surface area (Å²) >= 11 is 1.76. The van der Waals surface area contributed by atoms with Gasteiger partial charge in [0.15, 0.2) is 0 Å². The lowest BCUT2D eigenvalue weighted by Crippen LogP contribution is -2.26. The van der Waals surface area contributed by atoms with Crippen LogP contribution in [0, 0.1) is 17.8 Å². The lowest BCUT2D eigenvalue weighted by atomic mass is 9.87. The van der Waals surface area contributed by atoms with Crippen molar-refractivity contribution in [3.8, 4) is 0 Å². The Hall–Kier alpha value is -0.310. The van der Waals surface area contributed by atoms with Crippen molar-refractivity contribution in [1.29, 1.82) is 0 Å². The Morgan fingerprint density at radius 2 is 2.16 bits per heavy atom. The predicted molar refractivity (Wildman–Crippen MR) is 83.6 cm³/mol. The molecule has 3 aliphatic rings. The molecule has 1 amide bonds. The summed E-state index contributed by atoms with van der Waals surface area (Å²) in [6.45, 7) is 4.22. The molecule has 0 N–H and O–H groups in total. The first-order valence-electron chi connectivity index (χ1n) is 7.41. The molecule has 2 saturated carbocycles. The van der Waals surface area contributed by atoms with Crippen LogP contribution < -0.4 is 0 Å². The van der Waals surface area contributed by atoms with Gasteiger partial charge < -0.3 is 0 Å². The Kier molecular flexibility index (Phi) is 4.44. The molecule has 3 heteroatoms. The largest absolute Gasteiger partial charge is 0.271 e. The third-order valence-electron chi connectivity index (χ3n) is 5.07. The van der Waals surface area contributed by atoms with Crippen molar-refractivity contribution in [3.63, 3.8) is 0 Å². The van der Waals surface area contributed by atoms with Gasteiger partial charge in [0.05, 0.1) is 9.79 Å². The SMILES string of the molecule is C.CCC[C@]1(C)SC(CC2CC3CCC2C3)=NC1=O. The average molecular weight is 281 g/mol. The molecule has 1 aliphatic heterocycles. The van der Waals surface area contributed by atoms with Crippen molar-refractivity contribution in [3.05, 3.63) is 0 Å². The molecule has 2 aliphatic carbocycles. The number of hydrogen-bond acceptors (Lipinski definition) is 2. The molecule has 108 valence electrons. The highest BCUT2D eigenvalue weighted by molar-refractivity contribution is 8.16. The molecule has 0 radical (unpaired) electrons. The summed E-state index contributed by atoms with van der Waals surface area (Å²) in [6.07, 6.45) is 8.82. The minimum Gasteiger partial charge on any atom is -0.271 e. The topological polar surface area (TPSA) is 29.4 Å². The van der Waals surface area contributed by atoms with Gasteiger partial charge in [-0.2, -0.15) is 0 Å². The fraction of sp³-hybridized carbons (Fsp3) is 0.875. The normalized spacial score (nSPS) is 40.4. The highest BCUT2D eigenvalue weighted by Gasteiger charge is 2.44. The van der Waals surface area contributed by atoms with E-state index in [1.54, 1.807) is 11.8 Å². The number of aliphatic imine (C=N–C) groups is 1. The van der Waals surface area contributed by atoms with Gasteiger partial charge in [0.1, 0.15) is 0 Å². The smallest absolute Gasteiger partial charge is 0.262 e. The zero-order valence-electron chi connectivity index (χ0n) is 11.4. The number of carbonyl (C=O) groups excluding carboxylic acids is 1. The van der Waals surface area contributed by atoms with Crippen molar-refractivity contribution >= 4 is 22.7 Å². The quantitative estimate of drug-likeness (QED) is 0.748. The van der Waals surface area contributed by atoms with Crippen molar-refractivity contribution in [2.75, 3.05) is 0 Å². The molecule has 0 aromatic heterocycles. The summed E-state index contributed by atoms with van der Waals surface area (Å²) in [6, 6.07) is 0. The van der Waals surface area contributed by atoms with E-state index in [1.165, 1.54) is 25.7 Å². The van der Waals surface area contributed by atoms with E-state index in [4.69, 9.17) is 0 Å². The molecule has 2 bridgehead atoms. The van der Waals surface area contributed by atoms with Crippen LogP contribution in [0.5, 0.6) is 0 Å². The van der Waals surface area contributed by atoms with E-state index in [1.807, 2.05) is 0 Å². The molecule has 1 heterocycles. The van der Waals surface area contributed by atoms with Gasteiger partial charge in [-0.15, -0.1) is 0 Å². The number of thioether (sulfide) groups is 1. The van der Waals surface area contributed by atoms with E-state index < -0.39 is 0 Å². The zero-order valence-corrected chi connectivity index (χ0v) is 12.3. The molecule has 3 unspecified atom stereocenters. The summed E-state index contributed by atoms with van der Waals surface area (Å²) in [4.78, 5) is 16.4. The zero-order chi connectivity index (χ0) is 12.8. The minimum atomic E-state index is -0.248. The molecule has 0 aromatic rings. The van der Waals surface area contributed by atoms with Gasteiger partial charge in [0.25, 0.3) is 5.91 Å². The van der Waals surface area contributed by atoms with Crippen LogP contribution in [0.25, 0.3) is 0 Å². The maximum atomic E-state index is 12.0. The molecular formula is C16H27NOS. The third-order valence-corrected chi connectivity index (χ3v) is 6.39. The van der Waals surface area contributed by atoms with E-state index in [-0.39, 0.29) is 18.1 Å². The maximum Gasteiger partial charge on any atom is 0.262 e. The van der Waals surface area contributed by atoms with Crippen molar-refractivity contribution in [2.24, 2.45) is 22.7 Å². The van der Waals surface area contributed by atoms with E-state index >= 15 is 0 Å². The molecule has 19 heavy (non-hydrogen) atoms. The van der Waals surface area contributed by atoms with E-state index in [2.05, 4.69) is 18.8 Å². The molecule has 4 atom stereocenters. The first-order chi connectivity index (χ1) is 8.60. The maximum absolute atomic E-state index is 12.0. The Morgan fingerprint density at radius 1 is 1.37 bits per heavy atom. The van der Waals surface area contributed by atoms with Gasteiger partial charge in [-0.25, -0.2) is 4.99 Å². The average Bonchev–Trinajstić information content (AvgIpc) is 2.96. The number of amides is 1. The molecular weight excluding hydrogens is 254 g/mol. The lowest BCUT2D eigenvalue weighted by molar-refractivity contribution is -0.119. The van der Waals surface area contributed by atoms with E-state index in [0.717, 1.165) is 42.1 Å². The standard InChI is InChI=1S/C15H23NOS.CH4/c1-3-6-15(2)14(17)16-13(18-15)9-12-8-10-4-5-11(12)7-10;/h10-12H,3-9H2,1-2H3;1H4/t10?,11?,12?,15-;/m0./s1. The summed E-state index contributed by atoms with van der Waals surface area (Å²) in [5, 5.41) is 1.13. The van der Waals surface area contributed by atoms with Crippen LogP contribution in [-0.2, 0) is 4.79 Å². The van der Waals surface area contributed by atoms with Crippen molar-refractivity contribution in [1.82, 2.24) is 0 Å². The van der Waals surface area contributed by atoms with Crippen LogP contribution in [0.15, 0.2) is 4.99 Å². The summed E-state index contributed by atoms with van der Waals surface area (Å²) < 4.78 is -0.248. The molecule has 2 nitrogen and oxygen atoms in total. The van der Waals surface area contributed by atoms with Crippen LogP contribution in [0.2, 0.25) is 0 Å². The van der Waals surface area contributed by atoms with Gasteiger partial charge >= 0.3 is 0 Å². The Bertz CT molecular complexity index is 392.